The molecule has 82 valence electrons. The first-order valence-corrected chi connectivity index (χ1v) is 5.20. The van der Waals surface area contributed by atoms with Crippen LogP contribution in [0.25, 0.3) is 10.7 Å². The number of nitrogens with one attached hydrogen (secondary N) is 1. The largest absolute Gasteiger partial charge is 0.477 e. The highest BCUT2D eigenvalue weighted by Crippen LogP contribution is 2.18. The van der Waals surface area contributed by atoms with Gasteiger partial charge in [-0.2, -0.15) is 0 Å². The van der Waals surface area contributed by atoms with Crippen LogP contribution in [0.4, 0.5) is 0 Å². The average molecular weight is 237 g/mol. The van der Waals surface area contributed by atoms with Gasteiger partial charge in [-0.1, -0.05) is 0 Å². The topological polar surface area (TPSA) is 95.9 Å². The lowest BCUT2D eigenvalue weighted by atomic mass is 10.2. The van der Waals surface area contributed by atoms with E-state index in [2.05, 4.69) is 15.0 Å². The highest BCUT2D eigenvalue weighted by molar-refractivity contribution is 7.13. The van der Waals surface area contributed by atoms with Gasteiger partial charge >= 0.3 is 5.97 Å². The third kappa shape index (κ3) is 1.72. The molecule has 0 amide bonds. The molecule has 0 fully saturated rings. The van der Waals surface area contributed by atoms with Crippen LogP contribution >= 0.6 is 11.3 Å². The van der Waals surface area contributed by atoms with E-state index in [0.717, 1.165) is 0 Å². The third-order valence-corrected chi connectivity index (χ3v) is 2.76. The predicted octanol–water partition coefficient (Wildman–Crippen LogP) is 0.900. The number of carbonyl (C=O) groups is 1. The zero-order valence-corrected chi connectivity index (χ0v) is 9.04. The predicted molar refractivity (Wildman–Crippen MR) is 57.7 cm³/mol. The molecule has 2 rings (SSSR count). The van der Waals surface area contributed by atoms with Gasteiger partial charge in [0.25, 0.3) is 5.56 Å². The maximum atomic E-state index is 11.5. The Morgan fingerprint density at radius 2 is 2.31 bits per heavy atom. The molecular weight excluding hydrogens is 230 g/mol. The van der Waals surface area contributed by atoms with E-state index in [1.165, 1.54) is 18.3 Å². The van der Waals surface area contributed by atoms with Gasteiger partial charge in [0, 0.05) is 6.20 Å². The number of aromatic carboxylic acids is 1. The third-order valence-electron chi connectivity index (χ3n) is 1.98. The number of carboxylic acid groups (broad SMARTS) is 1. The SMILES string of the molecule is Cc1nc(-c2cncs2)[nH]c(=O)c1C(=O)O. The van der Waals surface area contributed by atoms with Crippen LogP contribution in [0.15, 0.2) is 16.5 Å². The molecule has 16 heavy (non-hydrogen) atoms. The second kappa shape index (κ2) is 3.86. The quantitative estimate of drug-likeness (QED) is 0.808. The van der Waals surface area contributed by atoms with Gasteiger partial charge in [-0.3, -0.25) is 9.78 Å². The summed E-state index contributed by atoms with van der Waals surface area (Å²) in [6.45, 7) is 1.49. The Balaban J connectivity index is 2.63. The average Bonchev–Trinajstić information content (AvgIpc) is 2.67. The van der Waals surface area contributed by atoms with Crippen LogP contribution in [0.1, 0.15) is 16.1 Å². The molecule has 2 N–H and O–H groups in total. The maximum absolute atomic E-state index is 11.5. The highest BCUT2D eigenvalue weighted by atomic mass is 32.1. The van der Waals surface area contributed by atoms with E-state index in [1.54, 1.807) is 11.7 Å². The fourth-order valence-electron chi connectivity index (χ4n) is 1.29. The Morgan fingerprint density at radius 1 is 1.56 bits per heavy atom. The van der Waals surface area contributed by atoms with E-state index in [0.29, 0.717) is 10.7 Å². The summed E-state index contributed by atoms with van der Waals surface area (Å²) in [6.07, 6.45) is 1.56. The second-order valence-corrected chi connectivity index (χ2v) is 3.93. The summed E-state index contributed by atoms with van der Waals surface area (Å²) in [5.41, 5.74) is 0.826. The minimum Gasteiger partial charge on any atom is -0.477 e. The van der Waals surface area contributed by atoms with Crippen molar-refractivity contribution >= 4 is 17.3 Å². The molecule has 0 aromatic carbocycles. The number of rotatable bonds is 2. The molecule has 0 saturated carbocycles. The minimum atomic E-state index is -1.28. The van der Waals surface area contributed by atoms with E-state index >= 15 is 0 Å². The zero-order chi connectivity index (χ0) is 11.7. The Labute approximate surface area is 93.6 Å². The lowest BCUT2D eigenvalue weighted by Crippen LogP contribution is -2.21. The summed E-state index contributed by atoms with van der Waals surface area (Å²) in [7, 11) is 0. The second-order valence-electron chi connectivity index (χ2n) is 3.05. The van der Waals surface area contributed by atoms with Crippen LogP contribution in [0.5, 0.6) is 0 Å². The molecule has 0 bridgehead atoms. The molecule has 2 aromatic rings. The van der Waals surface area contributed by atoms with Crippen molar-refractivity contribution in [1.82, 2.24) is 15.0 Å². The molecule has 2 aromatic heterocycles. The van der Waals surface area contributed by atoms with Crippen LogP contribution in [-0.4, -0.2) is 26.0 Å². The lowest BCUT2D eigenvalue weighted by molar-refractivity contribution is 0.0693. The summed E-state index contributed by atoms with van der Waals surface area (Å²) in [4.78, 5) is 33.3. The first kappa shape index (κ1) is 10.5. The van der Waals surface area contributed by atoms with Crippen LogP contribution in [0, 0.1) is 6.92 Å². The summed E-state index contributed by atoms with van der Waals surface area (Å²) < 4.78 is 0. The number of hydrogen-bond acceptors (Lipinski definition) is 5. The first-order valence-electron chi connectivity index (χ1n) is 4.32. The lowest BCUT2D eigenvalue weighted by Gasteiger charge is -2.01. The van der Waals surface area contributed by atoms with Crippen LogP contribution in [0.3, 0.4) is 0 Å². The smallest absolute Gasteiger partial charge is 0.343 e. The molecule has 7 heteroatoms. The summed E-state index contributed by atoms with van der Waals surface area (Å²) in [6, 6.07) is 0. The van der Waals surface area contributed by atoms with Gasteiger partial charge in [0.2, 0.25) is 0 Å². The standard InChI is InChI=1S/C9H7N3O3S/c1-4-6(9(14)15)8(13)12-7(11-4)5-2-10-3-16-5/h2-3H,1H3,(H,14,15)(H,11,12,13). The van der Waals surface area contributed by atoms with Crippen LogP contribution in [0.2, 0.25) is 0 Å². The van der Waals surface area contributed by atoms with Crippen LogP contribution in [-0.2, 0) is 0 Å². The molecule has 0 saturated heterocycles. The van der Waals surface area contributed by atoms with Gasteiger partial charge in [0.1, 0.15) is 5.56 Å². The van der Waals surface area contributed by atoms with Crippen molar-refractivity contribution in [3.8, 4) is 10.7 Å². The van der Waals surface area contributed by atoms with Crippen molar-refractivity contribution in [3.05, 3.63) is 33.3 Å². The van der Waals surface area contributed by atoms with Crippen molar-refractivity contribution < 1.29 is 9.90 Å². The van der Waals surface area contributed by atoms with E-state index in [9.17, 15) is 9.59 Å². The number of aromatic amines is 1. The number of H-pyrrole nitrogens is 1. The van der Waals surface area contributed by atoms with Gasteiger partial charge in [-0.15, -0.1) is 11.3 Å². The van der Waals surface area contributed by atoms with Crippen molar-refractivity contribution in [2.75, 3.05) is 0 Å². The van der Waals surface area contributed by atoms with E-state index < -0.39 is 11.5 Å². The molecule has 0 unspecified atom stereocenters. The Bertz CT molecular complexity index is 589. The number of aromatic nitrogens is 3. The molecule has 0 aliphatic heterocycles. The first-order chi connectivity index (χ1) is 7.59. The molecule has 0 radical (unpaired) electrons. The van der Waals surface area contributed by atoms with Gasteiger partial charge in [-0.05, 0) is 6.92 Å². The molecule has 6 nitrogen and oxygen atoms in total. The number of nitrogens with zero attached hydrogens (tertiary/aromatic N) is 2. The Morgan fingerprint density at radius 3 is 2.81 bits per heavy atom. The van der Waals surface area contributed by atoms with Crippen LogP contribution < -0.4 is 5.56 Å². The van der Waals surface area contributed by atoms with Gasteiger partial charge in [0.05, 0.1) is 16.1 Å². The van der Waals surface area contributed by atoms with Gasteiger partial charge in [0.15, 0.2) is 5.82 Å². The zero-order valence-electron chi connectivity index (χ0n) is 8.22. The molecule has 2 heterocycles. The van der Waals surface area contributed by atoms with Gasteiger partial charge < -0.3 is 10.1 Å². The highest BCUT2D eigenvalue weighted by Gasteiger charge is 2.15. The summed E-state index contributed by atoms with van der Waals surface area (Å²) in [5.74, 6) is -0.933. The Kier molecular flexibility index (Phi) is 2.53. The molecule has 0 aliphatic carbocycles. The fraction of sp³-hybridized carbons (Fsp3) is 0.111. The maximum Gasteiger partial charge on any atom is 0.343 e. The fourth-order valence-corrected chi connectivity index (χ4v) is 1.85. The van der Waals surface area contributed by atoms with Crippen molar-refractivity contribution in [1.29, 1.82) is 0 Å². The number of thiazole rings is 1. The monoisotopic (exact) mass is 237 g/mol. The number of hydrogen-bond donors (Lipinski definition) is 2. The summed E-state index contributed by atoms with van der Waals surface area (Å²) in [5, 5.41) is 8.80. The van der Waals surface area contributed by atoms with Crippen molar-refractivity contribution in [2.24, 2.45) is 0 Å². The van der Waals surface area contributed by atoms with E-state index in [1.807, 2.05) is 0 Å². The molecular formula is C9H7N3O3S. The van der Waals surface area contributed by atoms with E-state index in [-0.39, 0.29) is 11.3 Å². The van der Waals surface area contributed by atoms with E-state index in [4.69, 9.17) is 5.11 Å². The van der Waals surface area contributed by atoms with Crippen molar-refractivity contribution in [3.63, 3.8) is 0 Å². The van der Waals surface area contributed by atoms with Crippen molar-refractivity contribution in [2.45, 2.75) is 6.92 Å². The molecule has 0 atom stereocenters. The molecule has 0 aliphatic rings. The normalized spacial score (nSPS) is 10.3. The van der Waals surface area contributed by atoms with Gasteiger partial charge in [-0.25, -0.2) is 9.78 Å². The molecule has 0 spiro atoms. The number of carboxylic acids is 1. The summed E-state index contributed by atoms with van der Waals surface area (Å²) >= 11 is 1.32. The Hall–Kier alpha value is -2.02. The number of aryl methyl sites for hydroxylation is 1. The minimum absolute atomic E-state index is 0.194.